The minimum absolute atomic E-state index is 0.0748. The van der Waals surface area contributed by atoms with Crippen molar-refractivity contribution >= 4 is 11.8 Å². The van der Waals surface area contributed by atoms with Crippen LogP contribution < -0.4 is 5.32 Å². The van der Waals surface area contributed by atoms with Crippen molar-refractivity contribution in [1.29, 1.82) is 0 Å². The number of aryl methyl sites for hydroxylation is 1. The number of nitrogens with one attached hydrogen (secondary N) is 1. The monoisotopic (exact) mass is 329 g/mol. The van der Waals surface area contributed by atoms with E-state index in [0.717, 1.165) is 31.6 Å². The number of amides is 1. The fraction of sp³-hybridized carbons (Fsp3) is 0.444. The lowest BCUT2D eigenvalue weighted by atomic mass is 9.89. The van der Waals surface area contributed by atoms with Crippen LogP contribution in [0.5, 0.6) is 5.75 Å². The molecule has 2 N–H and O–H groups in total. The number of likely N-dealkylation sites (tertiary alicyclic amines) is 1. The molecule has 0 aliphatic carbocycles. The van der Waals surface area contributed by atoms with Crippen LogP contribution in [0.1, 0.15) is 36.9 Å². The number of aromatic nitrogens is 1. The molecular formula is C18H23N3O3. The highest BCUT2D eigenvalue weighted by Gasteiger charge is 2.27. The van der Waals surface area contributed by atoms with Crippen molar-refractivity contribution in [3.8, 4) is 5.75 Å². The summed E-state index contributed by atoms with van der Waals surface area (Å²) in [5, 5.41) is 15.9. The number of phenols is 1. The van der Waals surface area contributed by atoms with Crippen LogP contribution in [0.2, 0.25) is 0 Å². The van der Waals surface area contributed by atoms with Gasteiger partial charge in [-0.05, 0) is 63.4 Å². The first kappa shape index (κ1) is 16.5. The van der Waals surface area contributed by atoms with E-state index in [1.54, 1.807) is 18.2 Å². The van der Waals surface area contributed by atoms with Gasteiger partial charge in [0.15, 0.2) is 0 Å². The topological polar surface area (TPSA) is 78.6 Å². The lowest BCUT2D eigenvalue weighted by Gasteiger charge is -2.35. The zero-order valence-electron chi connectivity index (χ0n) is 14.0. The summed E-state index contributed by atoms with van der Waals surface area (Å²) in [7, 11) is 0. The van der Waals surface area contributed by atoms with Crippen molar-refractivity contribution < 1.29 is 14.4 Å². The van der Waals surface area contributed by atoms with E-state index in [-0.39, 0.29) is 11.9 Å². The van der Waals surface area contributed by atoms with Crippen molar-refractivity contribution in [2.45, 2.75) is 38.6 Å². The van der Waals surface area contributed by atoms with Crippen molar-refractivity contribution in [3.05, 3.63) is 41.6 Å². The zero-order valence-corrected chi connectivity index (χ0v) is 14.0. The van der Waals surface area contributed by atoms with Gasteiger partial charge < -0.3 is 9.63 Å². The molecule has 1 amide bonds. The third-order valence-electron chi connectivity index (χ3n) is 4.70. The minimum Gasteiger partial charge on any atom is -0.508 e. The lowest BCUT2D eigenvalue weighted by Crippen LogP contribution is -2.45. The van der Waals surface area contributed by atoms with Gasteiger partial charge in [0.05, 0.1) is 11.7 Å². The summed E-state index contributed by atoms with van der Waals surface area (Å²) < 4.78 is 5.04. The van der Waals surface area contributed by atoms with E-state index in [2.05, 4.69) is 15.4 Å². The molecule has 6 heteroatoms. The molecule has 0 saturated carbocycles. The largest absolute Gasteiger partial charge is 0.508 e. The molecule has 1 unspecified atom stereocenters. The molecule has 1 aromatic carbocycles. The van der Waals surface area contributed by atoms with E-state index in [1.807, 2.05) is 26.0 Å². The first-order valence-electron chi connectivity index (χ1n) is 8.30. The van der Waals surface area contributed by atoms with Crippen LogP contribution in [0.3, 0.4) is 0 Å². The minimum atomic E-state index is -0.212. The Morgan fingerprint density at radius 3 is 2.58 bits per heavy atom. The lowest BCUT2D eigenvalue weighted by molar-refractivity contribution is -0.121. The van der Waals surface area contributed by atoms with Crippen molar-refractivity contribution in [1.82, 2.24) is 10.1 Å². The molecule has 6 nitrogen and oxygen atoms in total. The molecule has 1 aromatic heterocycles. The summed E-state index contributed by atoms with van der Waals surface area (Å²) in [6.07, 6.45) is 2.01. The van der Waals surface area contributed by atoms with Gasteiger partial charge in [0.25, 0.3) is 0 Å². The highest BCUT2D eigenvalue weighted by molar-refractivity contribution is 5.93. The van der Waals surface area contributed by atoms with Gasteiger partial charge in [0, 0.05) is 6.07 Å². The first-order chi connectivity index (χ1) is 11.5. The maximum Gasteiger partial charge on any atom is 0.243 e. The average Bonchev–Trinajstić information content (AvgIpc) is 3.00. The SMILES string of the molecule is Cc1cc(NC(=O)C(C)N2CCC(c3ccc(O)cc3)CC2)on1. The molecule has 3 rings (SSSR count). The average molecular weight is 329 g/mol. The van der Waals surface area contributed by atoms with Gasteiger partial charge in [0.1, 0.15) is 5.75 Å². The van der Waals surface area contributed by atoms with Gasteiger partial charge in [-0.25, -0.2) is 0 Å². The van der Waals surface area contributed by atoms with Crippen LogP contribution in [0.4, 0.5) is 5.88 Å². The van der Waals surface area contributed by atoms with Crippen LogP contribution in [0.15, 0.2) is 34.9 Å². The third kappa shape index (κ3) is 3.76. The first-order valence-corrected chi connectivity index (χ1v) is 8.30. The predicted molar refractivity (Wildman–Crippen MR) is 91.0 cm³/mol. The quantitative estimate of drug-likeness (QED) is 0.902. The summed E-state index contributed by atoms with van der Waals surface area (Å²) in [6, 6.07) is 8.93. The number of rotatable bonds is 4. The number of anilines is 1. The number of aromatic hydroxyl groups is 1. The van der Waals surface area contributed by atoms with E-state index >= 15 is 0 Å². The number of benzene rings is 1. The van der Waals surface area contributed by atoms with Crippen LogP contribution >= 0.6 is 0 Å². The summed E-state index contributed by atoms with van der Waals surface area (Å²) in [4.78, 5) is 14.5. The molecule has 0 bridgehead atoms. The molecule has 1 aliphatic heterocycles. The third-order valence-corrected chi connectivity index (χ3v) is 4.70. The molecule has 128 valence electrons. The van der Waals surface area contributed by atoms with E-state index in [9.17, 15) is 9.90 Å². The summed E-state index contributed by atoms with van der Waals surface area (Å²) in [5.74, 6) is 1.09. The summed E-state index contributed by atoms with van der Waals surface area (Å²) in [5.41, 5.74) is 1.99. The van der Waals surface area contributed by atoms with Gasteiger partial charge in [0.2, 0.25) is 11.8 Å². The molecule has 24 heavy (non-hydrogen) atoms. The highest BCUT2D eigenvalue weighted by atomic mass is 16.5. The van der Waals surface area contributed by atoms with Crippen LogP contribution in [-0.4, -0.2) is 40.2 Å². The Bertz CT molecular complexity index is 688. The second-order valence-corrected chi connectivity index (χ2v) is 6.40. The number of phenolic OH excluding ortho intramolecular Hbond substituents is 1. The number of hydrogen-bond acceptors (Lipinski definition) is 5. The molecule has 2 heterocycles. The maximum absolute atomic E-state index is 12.3. The molecule has 1 fully saturated rings. The van der Waals surface area contributed by atoms with E-state index in [1.165, 1.54) is 5.56 Å². The van der Waals surface area contributed by atoms with Crippen LogP contribution in [0, 0.1) is 6.92 Å². The molecule has 1 aliphatic rings. The smallest absolute Gasteiger partial charge is 0.243 e. The fourth-order valence-electron chi connectivity index (χ4n) is 3.18. The predicted octanol–water partition coefficient (Wildman–Crippen LogP) is 2.90. The van der Waals surface area contributed by atoms with Gasteiger partial charge >= 0.3 is 0 Å². The summed E-state index contributed by atoms with van der Waals surface area (Å²) >= 11 is 0. The Hall–Kier alpha value is -2.34. The second-order valence-electron chi connectivity index (χ2n) is 6.40. The number of piperidine rings is 1. The number of hydrogen-bond donors (Lipinski definition) is 2. The Balaban J connectivity index is 1.53. The zero-order chi connectivity index (χ0) is 17.1. The molecule has 1 saturated heterocycles. The molecule has 2 aromatic rings. The number of nitrogens with zero attached hydrogens (tertiary/aromatic N) is 2. The Morgan fingerprint density at radius 1 is 1.33 bits per heavy atom. The molecular weight excluding hydrogens is 306 g/mol. The second kappa shape index (κ2) is 7.05. The van der Waals surface area contributed by atoms with Gasteiger partial charge in [-0.15, -0.1) is 0 Å². The Labute approximate surface area is 141 Å². The highest BCUT2D eigenvalue weighted by Crippen LogP contribution is 2.29. The van der Waals surface area contributed by atoms with E-state index in [0.29, 0.717) is 17.6 Å². The van der Waals surface area contributed by atoms with Crippen LogP contribution in [0.25, 0.3) is 0 Å². The fourth-order valence-corrected chi connectivity index (χ4v) is 3.18. The molecule has 0 spiro atoms. The molecule has 1 atom stereocenters. The number of carbonyl (C=O) groups excluding carboxylic acids is 1. The van der Waals surface area contributed by atoms with E-state index in [4.69, 9.17) is 4.52 Å². The molecule has 0 radical (unpaired) electrons. The van der Waals surface area contributed by atoms with Crippen LogP contribution in [-0.2, 0) is 4.79 Å². The van der Waals surface area contributed by atoms with E-state index < -0.39 is 0 Å². The van der Waals surface area contributed by atoms with Gasteiger partial charge in [-0.3, -0.25) is 15.0 Å². The standard InChI is InChI=1S/C18H23N3O3/c1-12-11-17(24-20-12)19-18(23)13(2)21-9-7-15(8-10-21)14-3-5-16(22)6-4-14/h3-6,11,13,15,22H,7-10H2,1-2H3,(H,19,23). The summed E-state index contributed by atoms with van der Waals surface area (Å²) in [6.45, 7) is 5.47. The normalized spacial score (nSPS) is 17.6. The van der Waals surface area contributed by atoms with Crippen molar-refractivity contribution in [2.75, 3.05) is 18.4 Å². The van der Waals surface area contributed by atoms with Crippen molar-refractivity contribution in [3.63, 3.8) is 0 Å². The van der Waals surface area contributed by atoms with Gasteiger partial charge in [-0.1, -0.05) is 17.3 Å². The van der Waals surface area contributed by atoms with Crippen molar-refractivity contribution in [2.24, 2.45) is 0 Å². The maximum atomic E-state index is 12.3. The van der Waals surface area contributed by atoms with Gasteiger partial charge in [-0.2, -0.15) is 0 Å². The number of carbonyl (C=O) groups is 1. The Kier molecular flexibility index (Phi) is 4.85. The Morgan fingerprint density at radius 2 is 2.00 bits per heavy atom.